The second-order valence-corrected chi connectivity index (χ2v) is 8.03. The Hall–Kier alpha value is -1.77. The molecule has 0 radical (unpaired) electrons. The summed E-state index contributed by atoms with van der Waals surface area (Å²) in [6.07, 6.45) is 2.95. The molecule has 0 fully saturated rings. The molecule has 1 aliphatic rings. The van der Waals surface area contributed by atoms with Crippen LogP contribution < -0.4 is 9.62 Å². The Labute approximate surface area is 139 Å². The number of carbonyl (C=O) groups is 1. The van der Waals surface area contributed by atoms with Gasteiger partial charge in [-0.3, -0.25) is 4.79 Å². The topological polar surface area (TPSA) is 79.4 Å². The number of anilines is 1. The van der Waals surface area contributed by atoms with Crippen molar-refractivity contribution in [3.8, 4) is 0 Å². The number of fused-ring (bicyclic) bond motifs is 1. The first kappa shape index (κ1) is 16.1. The van der Waals surface area contributed by atoms with Crippen molar-refractivity contribution >= 4 is 33.0 Å². The largest absolute Gasteiger partial charge is 0.312 e. The van der Waals surface area contributed by atoms with Crippen LogP contribution in [0.25, 0.3) is 0 Å². The summed E-state index contributed by atoms with van der Waals surface area (Å²) >= 11 is 1.51. The van der Waals surface area contributed by atoms with Crippen LogP contribution in [0.15, 0.2) is 34.7 Å². The third-order valence-corrected chi connectivity index (χ3v) is 6.05. The molecule has 23 heavy (non-hydrogen) atoms. The van der Waals surface area contributed by atoms with Crippen LogP contribution in [0.5, 0.6) is 0 Å². The lowest BCUT2D eigenvalue weighted by Crippen LogP contribution is -2.26. The Morgan fingerprint density at radius 1 is 1.43 bits per heavy atom. The highest BCUT2D eigenvalue weighted by atomic mass is 32.2. The number of amides is 1. The third kappa shape index (κ3) is 3.44. The van der Waals surface area contributed by atoms with E-state index in [1.807, 2.05) is 5.38 Å². The summed E-state index contributed by atoms with van der Waals surface area (Å²) < 4.78 is 27.3. The maximum atomic E-state index is 12.4. The monoisotopic (exact) mass is 351 g/mol. The van der Waals surface area contributed by atoms with Gasteiger partial charge in [0, 0.05) is 43.7 Å². The average molecular weight is 351 g/mol. The lowest BCUT2D eigenvalue weighted by molar-refractivity contribution is -0.116. The molecule has 2 aromatic rings. The van der Waals surface area contributed by atoms with Gasteiger partial charge in [0.05, 0.1) is 9.90 Å². The van der Waals surface area contributed by atoms with Crippen LogP contribution >= 0.6 is 11.3 Å². The lowest BCUT2D eigenvalue weighted by Gasteiger charge is -2.15. The fourth-order valence-electron chi connectivity index (χ4n) is 2.62. The Bertz CT molecular complexity index is 816. The molecule has 8 heteroatoms. The highest BCUT2D eigenvalue weighted by Crippen LogP contribution is 2.30. The number of carbonyl (C=O) groups excluding carboxylic acids is 1. The zero-order valence-corrected chi connectivity index (χ0v) is 14.3. The quantitative estimate of drug-likeness (QED) is 0.887. The maximum absolute atomic E-state index is 12.4. The predicted octanol–water partition coefficient (Wildman–Crippen LogP) is 1.57. The molecule has 0 aliphatic carbocycles. The van der Waals surface area contributed by atoms with Gasteiger partial charge in [-0.25, -0.2) is 18.1 Å². The minimum atomic E-state index is -3.55. The lowest BCUT2D eigenvalue weighted by atomic mass is 10.2. The van der Waals surface area contributed by atoms with E-state index in [4.69, 9.17) is 0 Å². The highest BCUT2D eigenvalue weighted by Gasteiger charge is 2.24. The SMILES string of the molecule is CC(=O)N1CCc2cc(S(=O)(=O)NCCc3nccs3)ccc21. The van der Waals surface area contributed by atoms with Gasteiger partial charge in [-0.1, -0.05) is 0 Å². The van der Waals surface area contributed by atoms with Crippen LogP contribution in [0.1, 0.15) is 17.5 Å². The van der Waals surface area contributed by atoms with Gasteiger partial charge in [0.2, 0.25) is 15.9 Å². The molecule has 3 rings (SSSR count). The van der Waals surface area contributed by atoms with Crippen LogP contribution in [0, 0.1) is 0 Å². The minimum absolute atomic E-state index is 0.0269. The fourth-order valence-corrected chi connectivity index (χ4v) is 4.33. The van der Waals surface area contributed by atoms with Gasteiger partial charge < -0.3 is 4.90 Å². The number of rotatable bonds is 5. The van der Waals surface area contributed by atoms with Crippen LogP contribution in [0.4, 0.5) is 5.69 Å². The number of nitrogens with zero attached hydrogens (tertiary/aromatic N) is 2. The first-order valence-corrected chi connectivity index (χ1v) is 9.63. The summed E-state index contributed by atoms with van der Waals surface area (Å²) in [5, 5.41) is 2.77. The average Bonchev–Trinajstić information content (AvgIpc) is 3.15. The van der Waals surface area contributed by atoms with Crippen molar-refractivity contribution in [2.75, 3.05) is 18.0 Å². The maximum Gasteiger partial charge on any atom is 0.240 e. The van der Waals surface area contributed by atoms with Gasteiger partial charge in [-0.05, 0) is 30.2 Å². The minimum Gasteiger partial charge on any atom is -0.312 e. The molecule has 1 aromatic heterocycles. The first-order valence-electron chi connectivity index (χ1n) is 7.26. The number of sulfonamides is 1. The molecule has 122 valence electrons. The summed E-state index contributed by atoms with van der Waals surface area (Å²) in [4.78, 5) is 17.6. The molecule has 0 atom stereocenters. The number of hydrogen-bond acceptors (Lipinski definition) is 5. The summed E-state index contributed by atoms with van der Waals surface area (Å²) in [5.74, 6) is -0.0269. The Morgan fingerprint density at radius 2 is 2.26 bits per heavy atom. The van der Waals surface area contributed by atoms with E-state index in [0.717, 1.165) is 16.3 Å². The second kappa shape index (κ2) is 6.38. The number of hydrogen-bond donors (Lipinski definition) is 1. The van der Waals surface area contributed by atoms with E-state index < -0.39 is 10.0 Å². The normalized spacial score (nSPS) is 14.0. The van der Waals surface area contributed by atoms with Crippen molar-refractivity contribution in [3.05, 3.63) is 40.3 Å². The number of nitrogens with one attached hydrogen (secondary N) is 1. The predicted molar refractivity (Wildman–Crippen MR) is 89.2 cm³/mol. The molecule has 0 bridgehead atoms. The van der Waals surface area contributed by atoms with Crippen molar-refractivity contribution in [1.82, 2.24) is 9.71 Å². The van der Waals surface area contributed by atoms with Crippen molar-refractivity contribution in [3.63, 3.8) is 0 Å². The molecule has 0 unspecified atom stereocenters. The fraction of sp³-hybridized carbons (Fsp3) is 0.333. The van der Waals surface area contributed by atoms with E-state index >= 15 is 0 Å². The molecule has 1 aliphatic heterocycles. The van der Waals surface area contributed by atoms with Crippen LogP contribution in [0.3, 0.4) is 0 Å². The van der Waals surface area contributed by atoms with Gasteiger partial charge >= 0.3 is 0 Å². The number of thiazole rings is 1. The van der Waals surface area contributed by atoms with Gasteiger partial charge in [-0.15, -0.1) is 11.3 Å². The molecule has 6 nitrogen and oxygen atoms in total. The number of aromatic nitrogens is 1. The summed E-state index contributed by atoms with van der Waals surface area (Å²) in [6.45, 7) is 2.43. The molecule has 1 N–H and O–H groups in total. The first-order chi connectivity index (χ1) is 11.0. The van der Waals surface area contributed by atoms with E-state index in [1.54, 1.807) is 29.3 Å². The summed E-state index contributed by atoms with van der Waals surface area (Å²) in [6, 6.07) is 4.91. The van der Waals surface area contributed by atoms with Gasteiger partial charge in [0.15, 0.2) is 0 Å². The van der Waals surface area contributed by atoms with Crippen LogP contribution in [-0.4, -0.2) is 32.4 Å². The summed E-state index contributed by atoms with van der Waals surface area (Å²) in [7, 11) is -3.55. The van der Waals surface area contributed by atoms with Gasteiger partial charge in [0.1, 0.15) is 0 Å². The standard InChI is InChI=1S/C15H17N3O3S2/c1-11(19)18-8-5-12-10-13(2-3-14(12)18)23(20,21)17-6-4-15-16-7-9-22-15/h2-3,7,9-10,17H,4-6,8H2,1H3. The van der Waals surface area contributed by atoms with E-state index in [9.17, 15) is 13.2 Å². The van der Waals surface area contributed by atoms with Crippen molar-refractivity contribution in [2.24, 2.45) is 0 Å². The molecule has 1 aromatic carbocycles. The molecular weight excluding hydrogens is 334 g/mol. The Morgan fingerprint density at radius 3 is 2.96 bits per heavy atom. The Balaban J connectivity index is 1.72. The zero-order valence-electron chi connectivity index (χ0n) is 12.7. The molecule has 0 spiro atoms. The molecule has 0 saturated carbocycles. The second-order valence-electron chi connectivity index (χ2n) is 5.28. The van der Waals surface area contributed by atoms with Crippen molar-refractivity contribution in [1.29, 1.82) is 0 Å². The molecule has 0 saturated heterocycles. The van der Waals surface area contributed by atoms with E-state index in [1.165, 1.54) is 18.3 Å². The summed E-state index contributed by atoms with van der Waals surface area (Å²) in [5.41, 5.74) is 1.70. The van der Waals surface area contributed by atoms with Crippen molar-refractivity contribution < 1.29 is 13.2 Å². The van der Waals surface area contributed by atoms with E-state index in [2.05, 4.69) is 9.71 Å². The van der Waals surface area contributed by atoms with E-state index in [-0.39, 0.29) is 10.8 Å². The molecule has 1 amide bonds. The zero-order chi connectivity index (χ0) is 16.4. The van der Waals surface area contributed by atoms with Crippen LogP contribution in [-0.2, 0) is 27.7 Å². The Kier molecular flexibility index (Phi) is 4.47. The number of benzene rings is 1. The third-order valence-electron chi connectivity index (χ3n) is 3.75. The molecule has 2 heterocycles. The van der Waals surface area contributed by atoms with Gasteiger partial charge in [0.25, 0.3) is 0 Å². The van der Waals surface area contributed by atoms with Crippen molar-refractivity contribution in [2.45, 2.75) is 24.7 Å². The smallest absolute Gasteiger partial charge is 0.240 e. The van der Waals surface area contributed by atoms with Gasteiger partial charge in [-0.2, -0.15) is 0 Å². The molecular formula is C15H17N3O3S2. The van der Waals surface area contributed by atoms with Crippen LogP contribution in [0.2, 0.25) is 0 Å². The highest BCUT2D eigenvalue weighted by molar-refractivity contribution is 7.89. The van der Waals surface area contributed by atoms with E-state index in [0.29, 0.717) is 25.9 Å².